The third kappa shape index (κ3) is 9.05. The van der Waals surface area contributed by atoms with Crippen molar-refractivity contribution in [2.45, 2.75) is 98.8 Å². The minimum Gasteiger partial charge on any atom is -0.346 e. The van der Waals surface area contributed by atoms with E-state index < -0.39 is 74.7 Å². The molecule has 280 valence electrons. The first-order valence-electron chi connectivity index (χ1n) is 17.3. The van der Waals surface area contributed by atoms with Gasteiger partial charge in [0.05, 0.1) is 6.04 Å². The summed E-state index contributed by atoms with van der Waals surface area (Å²) >= 11 is 0. The summed E-state index contributed by atoms with van der Waals surface area (Å²) in [5.41, 5.74) is -1.57. The molecule has 0 bridgehead atoms. The number of rotatable bonds is 13. The van der Waals surface area contributed by atoms with Crippen LogP contribution in [0, 0.1) is 40.4 Å². The highest BCUT2D eigenvalue weighted by Crippen LogP contribution is 2.65. The molecule has 1 aliphatic carbocycles. The first-order valence-corrected chi connectivity index (χ1v) is 18.7. The molecule has 3 fully saturated rings. The first kappa shape index (κ1) is 40.9. The van der Waals surface area contributed by atoms with Crippen LogP contribution in [0.3, 0.4) is 0 Å². The van der Waals surface area contributed by atoms with E-state index in [4.69, 9.17) is 6.42 Å². The van der Waals surface area contributed by atoms with Gasteiger partial charge in [0.1, 0.15) is 12.1 Å². The zero-order valence-electron chi connectivity index (χ0n) is 31.1. The Morgan fingerprint density at radius 2 is 1.66 bits per heavy atom. The van der Waals surface area contributed by atoms with Gasteiger partial charge in [-0.1, -0.05) is 61.5 Å². The van der Waals surface area contributed by atoms with Gasteiger partial charge in [-0.3, -0.25) is 19.2 Å². The lowest BCUT2D eigenvalue weighted by Crippen LogP contribution is -2.63. The fourth-order valence-electron chi connectivity index (χ4n) is 6.95. The average molecular weight is 720 g/mol. The van der Waals surface area contributed by atoms with Gasteiger partial charge in [0.2, 0.25) is 17.6 Å². The maximum absolute atomic E-state index is 14.4. The quantitative estimate of drug-likeness (QED) is 0.126. The Morgan fingerprint density at radius 1 is 1.02 bits per heavy atom. The van der Waals surface area contributed by atoms with Crippen molar-refractivity contribution in [1.82, 2.24) is 34.8 Å². The smallest absolute Gasteiger partial charge is 0.315 e. The van der Waals surface area contributed by atoms with Gasteiger partial charge in [0.15, 0.2) is 0 Å². The number of nitrogens with zero attached hydrogens (tertiary/aromatic N) is 3. The highest BCUT2D eigenvalue weighted by atomic mass is 32.2. The van der Waals surface area contributed by atoms with Crippen LogP contribution in [0.4, 0.5) is 4.79 Å². The third-order valence-corrected chi connectivity index (χ3v) is 12.3. The Morgan fingerprint density at radius 3 is 2.22 bits per heavy atom. The number of hydrogen-bond donors (Lipinski definition) is 4. The lowest BCUT2D eigenvalue weighted by molar-refractivity contribution is -0.145. The van der Waals surface area contributed by atoms with Crippen molar-refractivity contribution in [1.29, 1.82) is 0 Å². The molecule has 14 nitrogen and oxygen atoms in total. The van der Waals surface area contributed by atoms with Crippen LogP contribution >= 0.6 is 0 Å². The summed E-state index contributed by atoms with van der Waals surface area (Å²) in [6, 6.07) is -4.44. The highest BCUT2D eigenvalue weighted by molar-refractivity contribution is 7.86. The topological polar surface area (TPSA) is 177 Å². The molecule has 4 N–H and O–H groups in total. The molecular formula is C35H57N7O7S. The van der Waals surface area contributed by atoms with Crippen LogP contribution in [0.5, 0.6) is 0 Å². The molecule has 2 heterocycles. The molecule has 3 rings (SSSR count). The summed E-state index contributed by atoms with van der Waals surface area (Å²) in [6.07, 6.45) is 7.69. The van der Waals surface area contributed by atoms with Crippen LogP contribution in [0.25, 0.3) is 0 Å². The number of nitrogens with one attached hydrogen (secondary N) is 4. The fourth-order valence-corrected chi connectivity index (χ4v) is 8.40. The second-order valence-corrected chi connectivity index (χ2v) is 18.5. The van der Waals surface area contributed by atoms with Gasteiger partial charge < -0.3 is 26.2 Å². The van der Waals surface area contributed by atoms with Crippen molar-refractivity contribution in [3.8, 4) is 12.3 Å². The molecular weight excluding hydrogens is 662 g/mol. The van der Waals surface area contributed by atoms with Crippen molar-refractivity contribution in [3.05, 3.63) is 12.7 Å². The molecule has 0 aromatic heterocycles. The van der Waals surface area contributed by atoms with Crippen LogP contribution in [-0.4, -0.2) is 115 Å². The van der Waals surface area contributed by atoms with E-state index >= 15 is 0 Å². The highest BCUT2D eigenvalue weighted by Gasteiger charge is 2.70. The number of fused-ring (bicyclic) bond motifs is 1. The van der Waals surface area contributed by atoms with E-state index in [9.17, 15) is 32.4 Å². The van der Waals surface area contributed by atoms with E-state index in [1.165, 1.54) is 26.6 Å². The summed E-state index contributed by atoms with van der Waals surface area (Å²) in [5.74, 6) is -0.496. The van der Waals surface area contributed by atoms with Crippen molar-refractivity contribution < 1.29 is 32.4 Å². The molecule has 0 spiro atoms. The molecule has 0 aromatic carbocycles. The maximum Gasteiger partial charge on any atom is 0.315 e. The van der Waals surface area contributed by atoms with Gasteiger partial charge >= 0.3 is 6.03 Å². The molecule has 5 amide bonds. The number of carbonyl (C=O) groups is 5. The minimum atomic E-state index is -3.68. The molecule has 0 radical (unpaired) electrons. The Bertz CT molecular complexity index is 1490. The number of piperidine rings is 1. The lowest BCUT2D eigenvalue weighted by atomic mass is 9.85. The van der Waals surface area contributed by atoms with Crippen LogP contribution < -0.4 is 21.3 Å². The van der Waals surface area contributed by atoms with Gasteiger partial charge in [-0.05, 0) is 40.9 Å². The molecule has 0 aromatic rings. The Kier molecular flexibility index (Phi) is 12.6. The van der Waals surface area contributed by atoms with Gasteiger partial charge in [-0.15, -0.1) is 18.9 Å². The van der Waals surface area contributed by atoms with Gasteiger partial charge in [0, 0.05) is 52.2 Å². The van der Waals surface area contributed by atoms with Crippen LogP contribution in [-0.2, 0) is 29.4 Å². The second kappa shape index (κ2) is 15.4. The summed E-state index contributed by atoms with van der Waals surface area (Å²) in [6.45, 7) is 19.8. The van der Waals surface area contributed by atoms with E-state index in [2.05, 4.69) is 33.8 Å². The lowest BCUT2D eigenvalue weighted by Gasteiger charge is -2.40. The Balaban J connectivity index is 1.84. The summed E-state index contributed by atoms with van der Waals surface area (Å²) in [5, 5.41) is 10.9. The summed E-state index contributed by atoms with van der Waals surface area (Å²) in [4.78, 5) is 69.1. The molecule has 3 aliphatic rings. The molecule has 1 saturated carbocycles. The number of terminal acetylenes is 1. The van der Waals surface area contributed by atoms with Crippen LogP contribution in [0.2, 0.25) is 0 Å². The van der Waals surface area contributed by atoms with E-state index in [-0.39, 0.29) is 49.7 Å². The molecule has 2 aliphatic heterocycles. The van der Waals surface area contributed by atoms with Gasteiger partial charge in [-0.2, -0.15) is 17.0 Å². The van der Waals surface area contributed by atoms with E-state index in [0.717, 1.165) is 0 Å². The van der Waals surface area contributed by atoms with E-state index in [1.54, 1.807) is 20.8 Å². The van der Waals surface area contributed by atoms with E-state index in [1.807, 2.05) is 34.6 Å². The maximum atomic E-state index is 14.4. The number of carbonyl (C=O) groups excluding carboxylic acids is 5. The zero-order chi connectivity index (χ0) is 38.0. The number of urea groups is 1. The summed E-state index contributed by atoms with van der Waals surface area (Å²) in [7, 11) is -2.15. The first-order chi connectivity index (χ1) is 23.0. The Hall–Kier alpha value is -3.48. The zero-order valence-corrected chi connectivity index (χ0v) is 31.9. The van der Waals surface area contributed by atoms with Gasteiger partial charge in [-0.25, -0.2) is 4.79 Å². The second-order valence-electron chi connectivity index (χ2n) is 16.4. The monoisotopic (exact) mass is 719 g/mol. The van der Waals surface area contributed by atoms with Gasteiger partial charge in [0.25, 0.3) is 16.1 Å². The average Bonchev–Trinajstić information content (AvgIpc) is 3.32. The minimum absolute atomic E-state index is 0.0160. The summed E-state index contributed by atoms with van der Waals surface area (Å²) < 4.78 is 28.6. The number of amides is 5. The van der Waals surface area contributed by atoms with Crippen molar-refractivity contribution in [2.75, 3.05) is 39.8 Å². The standard InChI is InChI=1S/C35H57N7O7S/c1-12-14-16-23(27(43)30(45)36-17-13-2)37-29(44)26-25-22(35(25,9)10)20-42(26)31(46)28(34(6,7)8)39-32(47)38-24(33(3,4)5)21-41-19-15-18-40(11)50(41,48)49/h1,13,22-26,28H,2,14-21H2,3-11H3,(H,36,45)(H,37,44)(H2,38,39,47)/t22-,23?,24+,25-,26-,28+/m0/s1. The van der Waals surface area contributed by atoms with Crippen molar-refractivity contribution >= 4 is 39.7 Å². The third-order valence-electron chi connectivity index (χ3n) is 10.3. The number of ketones is 1. The number of likely N-dealkylation sites (tertiary alicyclic amines) is 1. The SMILES string of the molecule is C#CCCC(NC(=O)[C@@H]1[C@@H]2[C@H](CN1C(=O)[C@@H](NC(=O)N[C@H](CN1CCCN(C)S1(=O)=O)C(C)(C)C)C(C)(C)C)C2(C)C)C(=O)C(=O)NCC=C. The predicted molar refractivity (Wildman–Crippen MR) is 190 cm³/mol. The predicted octanol–water partition coefficient (Wildman–Crippen LogP) is 1.25. The number of Topliss-reactive ketones (excluding diaryl/α,β-unsaturated/α-hetero) is 1. The molecule has 50 heavy (non-hydrogen) atoms. The van der Waals surface area contributed by atoms with Crippen LogP contribution in [0.15, 0.2) is 12.7 Å². The van der Waals surface area contributed by atoms with Crippen molar-refractivity contribution in [3.63, 3.8) is 0 Å². The van der Waals surface area contributed by atoms with E-state index in [0.29, 0.717) is 19.5 Å². The largest absolute Gasteiger partial charge is 0.346 e. The normalized spacial score (nSPS) is 24.8. The number of hydrogen-bond acceptors (Lipinski definition) is 7. The molecule has 2 saturated heterocycles. The molecule has 1 unspecified atom stereocenters. The molecule has 15 heteroatoms. The Labute approximate surface area is 298 Å². The van der Waals surface area contributed by atoms with Crippen LogP contribution in [0.1, 0.15) is 74.7 Å². The molecule has 6 atom stereocenters. The van der Waals surface area contributed by atoms with Crippen molar-refractivity contribution in [2.24, 2.45) is 28.1 Å². The fraction of sp³-hybridized carbons (Fsp3) is 0.743.